The third kappa shape index (κ3) is 3.10. The lowest BCUT2D eigenvalue weighted by atomic mass is 9.53. The molecular formula is C23H30O5S. The van der Waals surface area contributed by atoms with Gasteiger partial charge in [-0.15, -0.1) is 6.42 Å². The summed E-state index contributed by atoms with van der Waals surface area (Å²) in [5.74, 6) is 3.68. The normalized spacial score (nSPS) is 36.1. The first-order valence-corrected chi connectivity index (χ1v) is 12.0. The van der Waals surface area contributed by atoms with E-state index in [1.807, 2.05) is 19.9 Å². The van der Waals surface area contributed by atoms with Gasteiger partial charge in [-0.2, -0.15) is 8.42 Å². The largest absolute Gasteiger partial charge is 0.491 e. The van der Waals surface area contributed by atoms with E-state index in [2.05, 4.69) is 12.8 Å². The fourth-order valence-electron chi connectivity index (χ4n) is 6.46. The zero-order valence-electron chi connectivity index (χ0n) is 17.3. The van der Waals surface area contributed by atoms with Crippen LogP contribution >= 0.6 is 0 Å². The highest BCUT2D eigenvalue weighted by molar-refractivity contribution is 7.85. The summed E-state index contributed by atoms with van der Waals surface area (Å²) in [4.78, 5) is -0.0193. The van der Waals surface area contributed by atoms with Crippen LogP contribution in [0, 0.1) is 29.6 Å². The molecule has 0 bridgehead atoms. The van der Waals surface area contributed by atoms with Crippen molar-refractivity contribution in [1.29, 1.82) is 0 Å². The standard InChI is InChI=1S/C23H30O5S/c1-5-23(24)11-9-19-17-7-6-15-12-16(28-14(2)3)13-20(29(25,26)27)21(15)18(17)8-10-22(19,23)4/h1,12-14,17-19,24H,6-11H2,2-4H3,(H,25,26,27)/t17-,18+,19+,22?,23+/m1/s1. The molecule has 0 spiro atoms. The Kier molecular flexibility index (Phi) is 4.81. The molecule has 2 fully saturated rings. The molecule has 3 aliphatic carbocycles. The van der Waals surface area contributed by atoms with Gasteiger partial charge < -0.3 is 9.84 Å². The fourth-order valence-corrected chi connectivity index (χ4v) is 7.29. The lowest BCUT2D eigenvalue weighted by Crippen LogP contribution is -2.50. The van der Waals surface area contributed by atoms with Crippen LogP contribution in [-0.2, 0) is 16.5 Å². The highest BCUT2D eigenvalue weighted by Crippen LogP contribution is 2.64. The van der Waals surface area contributed by atoms with Crippen molar-refractivity contribution in [3.8, 4) is 18.1 Å². The molecule has 1 aromatic carbocycles. The SMILES string of the molecule is C#C[C@]1(O)CC[C@H]2[C@@H]3CCc4cc(OC(C)C)cc(S(=O)(=O)O)c4[C@H]3CCC21C. The third-order valence-electron chi connectivity index (χ3n) is 7.80. The Balaban J connectivity index is 1.80. The van der Waals surface area contributed by atoms with Gasteiger partial charge in [0.15, 0.2) is 0 Å². The van der Waals surface area contributed by atoms with Crippen molar-refractivity contribution in [2.24, 2.45) is 17.3 Å². The van der Waals surface area contributed by atoms with E-state index in [1.54, 1.807) is 0 Å². The molecule has 29 heavy (non-hydrogen) atoms. The summed E-state index contributed by atoms with van der Waals surface area (Å²) in [6, 6.07) is 3.40. The van der Waals surface area contributed by atoms with Gasteiger partial charge in [-0.3, -0.25) is 4.55 Å². The monoisotopic (exact) mass is 418 g/mol. The first kappa shape index (κ1) is 20.7. The lowest BCUT2D eigenvalue weighted by molar-refractivity contribution is -0.0649. The van der Waals surface area contributed by atoms with Crippen molar-refractivity contribution in [2.45, 2.75) is 81.8 Å². The highest BCUT2D eigenvalue weighted by Gasteiger charge is 2.61. The van der Waals surface area contributed by atoms with Crippen LogP contribution in [0.1, 0.15) is 69.9 Å². The van der Waals surface area contributed by atoms with E-state index in [0.29, 0.717) is 12.2 Å². The van der Waals surface area contributed by atoms with Crippen LogP contribution in [0.25, 0.3) is 0 Å². The number of terminal acetylenes is 1. The Hall–Kier alpha value is -1.55. The average Bonchev–Trinajstić information content (AvgIpc) is 2.91. The minimum Gasteiger partial charge on any atom is -0.491 e. The molecule has 0 aromatic heterocycles. The van der Waals surface area contributed by atoms with Gasteiger partial charge in [0.1, 0.15) is 16.2 Å². The van der Waals surface area contributed by atoms with E-state index in [1.165, 1.54) is 6.07 Å². The second kappa shape index (κ2) is 6.73. The number of hydrogen-bond donors (Lipinski definition) is 2. The van der Waals surface area contributed by atoms with Gasteiger partial charge in [0.05, 0.1) is 6.10 Å². The Morgan fingerprint density at radius 2 is 1.97 bits per heavy atom. The summed E-state index contributed by atoms with van der Waals surface area (Å²) >= 11 is 0. The highest BCUT2D eigenvalue weighted by atomic mass is 32.2. The smallest absolute Gasteiger partial charge is 0.294 e. The first-order valence-electron chi connectivity index (χ1n) is 10.5. The van der Waals surface area contributed by atoms with Crippen LogP contribution in [0.3, 0.4) is 0 Å². The minimum absolute atomic E-state index is 0.0193. The summed E-state index contributed by atoms with van der Waals surface area (Å²) in [5.41, 5.74) is 0.257. The second-order valence-electron chi connectivity index (χ2n) is 9.55. The topological polar surface area (TPSA) is 83.8 Å². The molecule has 158 valence electrons. The van der Waals surface area contributed by atoms with Crippen LogP contribution < -0.4 is 4.74 Å². The summed E-state index contributed by atoms with van der Waals surface area (Å²) in [7, 11) is -4.38. The molecule has 2 saturated carbocycles. The Bertz CT molecular complexity index is 976. The van der Waals surface area contributed by atoms with Crippen LogP contribution in [0.15, 0.2) is 17.0 Å². The maximum atomic E-state index is 12.3. The number of rotatable bonds is 3. The molecule has 5 atom stereocenters. The van der Waals surface area contributed by atoms with Gasteiger partial charge in [0, 0.05) is 11.5 Å². The summed E-state index contributed by atoms with van der Waals surface area (Å²) < 4.78 is 40.3. The average molecular weight is 419 g/mol. The number of hydrogen-bond acceptors (Lipinski definition) is 4. The molecule has 4 rings (SSSR count). The molecule has 1 aromatic rings. The van der Waals surface area contributed by atoms with Crippen LogP contribution in [-0.4, -0.2) is 29.8 Å². The maximum absolute atomic E-state index is 12.3. The Labute approximate surface area is 173 Å². The maximum Gasteiger partial charge on any atom is 0.294 e. The van der Waals surface area contributed by atoms with E-state index in [0.717, 1.165) is 43.2 Å². The Morgan fingerprint density at radius 1 is 1.24 bits per heavy atom. The van der Waals surface area contributed by atoms with Crippen molar-refractivity contribution < 1.29 is 22.8 Å². The minimum atomic E-state index is -4.38. The van der Waals surface area contributed by atoms with E-state index >= 15 is 0 Å². The number of aryl methyl sites for hydroxylation is 1. The van der Waals surface area contributed by atoms with Crippen molar-refractivity contribution in [2.75, 3.05) is 0 Å². The van der Waals surface area contributed by atoms with Crippen LogP contribution in [0.5, 0.6) is 5.75 Å². The summed E-state index contributed by atoms with van der Waals surface area (Å²) in [6.07, 6.45) is 10.2. The van der Waals surface area contributed by atoms with E-state index in [-0.39, 0.29) is 34.2 Å². The Morgan fingerprint density at radius 3 is 2.59 bits per heavy atom. The van der Waals surface area contributed by atoms with E-state index in [9.17, 15) is 18.1 Å². The number of ether oxygens (including phenoxy) is 1. The van der Waals surface area contributed by atoms with Gasteiger partial charge in [0.25, 0.3) is 10.1 Å². The lowest BCUT2D eigenvalue weighted by Gasteiger charge is -2.52. The zero-order valence-corrected chi connectivity index (χ0v) is 18.1. The molecule has 0 heterocycles. The van der Waals surface area contributed by atoms with Gasteiger partial charge in [0.2, 0.25) is 0 Å². The molecule has 0 amide bonds. The molecule has 5 nitrogen and oxygen atoms in total. The molecule has 6 heteroatoms. The quantitative estimate of drug-likeness (QED) is 0.574. The van der Waals surface area contributed by atoms with Gasteiger partial charge in [-0.1, -0.05) is 12.8 Å². The van der Waals surface area contributed by atoms with E-state index < -0.39 is 15.7 Å². The molecule has 3 aliphatic rings. The van der Waals surface area contributed by atoms with Crippen molar-refractivity contribution >= 4 is 10.1 Å². The molecule has 0 saturated heterocycles. The molecule has 0 radical (unpaired) electrons. The predicted octanol–water partition coefficient (Wildman–Crippen LogP) is 3.94. The first-order chi connectivity index (χ1) is 13.5. The zero-order chi connectivity index (χ0) is 21.2. The van der Waals surface area contributed by atoms with Gasteiger partial charge >= 0.3 is 0 Å². The van der Waals surface area contributed by atoms with E-state index in [4.69, 9.17) is 11.2 Å². The summed E-state index contributed by atoms with van der Waals surface area (Å²) in [5, 5.41) is 11.1. The fraction of sp³-hybridized carbons (Fsp3) is 0.652. The number of fused-ring (bicyclic) bond motifs is 5. The van der Waals surface area contributed by atoms with Crippen molar-refractivity contribution in [3.63, 3.8) is 0 Å². The number of benzene rings is 1. The predicted molar refractivity (Wildman–Crippen MR) is 110 cm³/mol. The number of aliphatic hydroxyl groups is 1. The third-order valence-corrected chi connectivity index (χ3v) is 8.69. The molecule has 0 aliphatic heterocycles. The van der Waals surface area contributed by atoms with Crippen molar-refractivity contribution in [1.82, 2.24) is 0 Å². The van der Waals surface area contributed by atoms with Crippen LogP contribution in [0.2, 0.25) is 0 Å². The van der Waals surface area contributed by atoms with Crippen molar-refractivity contribution in [3.05, 3.63) is 23.3 Å². The molecular weight excluding hydrogens is 388 g/mol. The second-order valence-corrected chi connectivity index (χ2v) is 10.9. The van der Waals surface area contributed by atoms with Gasteiger partial charge in [-0.05, 0) is 87.3 Å². The molecule has 1 unspecified atom stereocenters. The summed E-state index contributed by atoms with van der Waals surface area (Å²) in [6.45, 7) is 5.87. The van der Waals surface area contributed by atoms with Crippen LogP contribution in [0.4, 0.5) is 0 Å². The molecule has 2 N–H and O–H groups in total. The van der Waals surface area contributed by atoms with Gasteiger partial charge in [-0.25, -0.2) is 0 Å².